The summed E-state index contributed by atoms with van der Waals surface area (Å²) in [4.78, 5) is 11.4. The minimum Gasteiger partial charge on any atom is -0.482 e. The van der Waals surface area contributed by atoms with Crippen LogP contribution in [0.3, 0.4) is 0 Å². The molecule has 1 aromatic carbocycles. The standard InChI is InChI=1S/C14H19BrN2O2/c1-2-16-13(18)9-19-14-10(4-3-5-12(14)15)8-17-11-6-7-11/h3-5,11,17H,2,6-9H2,1H3,(H,16,18). The third-order valence-corrected chi connectivity index (χ3v) is 3.55. The van der Waals surface area contributed by atoms with Crippen LogP contribution in [0.15, 0.2) is 22.7 Å². The molecule has 2 rings (SSSR count). The number of hydrogen-bond acceptors (Lipinski definition) is 3. The zero-order valence-electron chi connectivity index (χ0n) is 11.0. The molecule has 0 heterocycles. The van der Waals surface area contributed by atoms with Crippen LogP contribution in [0.25, 0.3) is 0 Å². The van der Waals surface area contributed by atoms with Crippen LogP contribution in [0, 0.1) is 0 Å². The Labute approximate surface area is 122 Å². The Morgan fingerprint density at radius 1 is 1.47 bits per heavy atom. The van der Waals surface area contributed by atoms with Gasteiger partial charge in [-0.15, -0.1) is 0 Å². The van der Waals surface area contributed by atoms with Crippen molar-refractivity contribution in [3.63, 3.8) is 0 Å². The van der Waals surface area contributed by atoms with E-state index < -0.39 is 0 Å². The van der Waals surface area contributed by atoms with Gasteiger partial charge in [-0.2, -0.15) is 0 Å². The second-order valence-corrected chi connectivity index (χ2v) is 5.48. The average molecular weight is 327 g/mol. The van der Waals surface area contributed by atoms with Crippen molar-refractivity contribution in [1.82, 2.24) is 10.6 Å². The fourth-order valence-corrected chi connectivity index (χ4v) is 2.30. The van der Waals surface area contributed by atoms with E-state index in [2.05, 4.69) is 26.6 Å². The molecule has 0 aromatic heterocycles. The molecule has 2 N–H and O–H groups in total. The second kappa shape index (κ2) is 6.91. The first-order valence-corrected chi connectivity index (χ1v) is 7.40. The largest absolute Gasteiger partial charge is 0.482 e. The van der Waals surface area contributed by atoms with Crippen LogP contribution in [0.5, 0.6) is 5.75 Å². The Morgan fingerprint density at radius 3 is 2.95 bits per heavy atom. The van der Waals surface area contributed by atoms with E-state index in [9.17, 15) is 4.79 Å². The van der Waals surface area contributed by atoms with Crippen LogP contribution >= 0.6 is 15.9 Å². The zero-order valence-corrected chi connectivity index (χ0v) is 12.6. The van der Waals surface area contributed by atoms with Crippen LogP contribution in [-0.2, 0) is 11.3 Å². The van der Waals surface area contributed by atoms with Gasteiger partial charge >= 0.3 is 0 Å². The maximum absolute atomic E-state index is 11.4. The lowest BCUT2D eigenvalue weighted by atomic mass is 10.2. The number of nitrogens with one attached hydrogen (secondary N) is 2. The van der Waals surface area contributed by atoms with Gasteiger partial charge in [0.2, 0.25) is 0 Å². The molecule has 0 spiro atoms. The molecule has 104 valence electrons. The summed E-state index contributed by atoms with van der Waals surface area (Å²) in [6.07, 6.45) is 2.51. The lowest BCUT2D eigenvalue weighted by Crippen LogP contribution is -2.28. The highest BCUT2D eigenvalue weighted by Gasteiger charge is 2.21. The van der Waals surface area contributed by atoms with Crippen LogP contribution in [0.2, 0.25) is 0 Å². The number of likely N-dealkylation sites (N-methyl/N-ethyl adjacent to an activating group) is 1. The lowest BCUT2D eigenvalue weighted by molar-refractivity contribution is -0.123. The van der Waals surface area contributed by atoms with Gasteiger partial charge in [0, 0.05) is 24.7 Å². The van der Waals surface area contributed by atoms with E-state index in [1.807, 2.05) is 25.1 Å². The molecule has 0 unspecified atom stereocenters. The summed E-state index contributed by atoms with van der Waals surface area (Å²) in [5.41, 5.74) is 1.07. The highest BCUT2D eigenvalue weighted by molar-refractivity contribution is 9.10. The van der Waals surface area contributed by atoms with Crippen molar-refractivity contribution < 1.29 is 9.53 Å². The highest BCUT2D eigenvalue weighted by Crippen LogP contribution is 2.30. The van der Waals surface area contributed by atoms with Gasteiger partial charge in [-0.05, 0) is 41.8 Å². The van der Waals surface area contributed by atoms with Crippen molar-refractivity contribution in [2.24, 2.45) is 0 Å². The minimum atomic E-state index is -0.0978. The summed E-state index contributed by atoms with van der Waals surface area (Å²) in [6.45, 7) is 3.33. The number of ether oxygens (including phenoxy) is 1. The fourth-order valence-electron chi connectivity index (χ4n) is 1.78. The van der Waals surface area contributed by atoms with Crippen molar-refractivity contribution in [2.75, 3.05) is 13.2 Å². The van der Waals surface area contributed by atoms with Gasteiger partial charge in [0.1, 0.15) is 5.75 Å². The van der Waals surface area contributed by atoms with Crippen LogP contribution < -0.4 is 15.4 Å². The van der Waals surface area contributed by atoms with E-state index in [0.29, 0.717) is 12.6 Å². The first-order valence-electron chi connectivity index (χ1n) is 6.61. The molecule has 0 atom stereocenters. The minimum absolute atomic E-state index is 0.0485. The van der Waals surface area contributed by atoms with E-state index in [1.165, 1.54) is 12.8 Å². The van der Waals surface area contributed by atoms with Crippen molar-refractivity contribution in [2.45, 2.75) is 32.4 Å². The summed E-state index contributed by atoms with van der Waals surface area (Å²) < 4.78 is 6.52. The molecular weight excluding hydrogens is 308 g/mol. The Morgan fingerprint density at radius 2 is 2.26 bits per heavy atom. The summed E-state index contributed by atoms with van der Waals surface area (Å²) in [7, 11) is 0. The van der Waals surface area contributed by atoms with Crippen LogP contribution in [0.4, 0.5) is 0 Å². The van der Waals surface area contributed by atoms with Crippen molar-refractivity contribution >= 4 is 21.8 Å². The average Bonchev–Trinajstić information content (AvgIpc) is 3.19. The topological polar surface area (TPSA) is 50.4 Å². The van der Waals surface area contributed by atoms with E-state index in [4.69, 9.17) is 4.74 Å². The maximum atomic E-state index is 11.4. The molecule has 0 saturated heterocycles. The number of para-hydroxylation sites is 1. The van der Waals surface area contributed by atoms with Crippen LogP contribution in [0.1, 0.15) is 25.3 Å². The molecular formula is C14H19BrN2O2. The number of carbonyl (C=O) groups is 1. The van der Waals surface area contributed by atoms with Crippen molar-refractivity contribution in [1.29, 1.82) is 0 Å². The Bertz CT molecular complexity index is 447. The molecule has 0 bridgehead atoms. The van der Waals surface area contributed by atoms with Gasteiger partial charge in [-0.1, -0.05) is 12.1 Å². The fraction of sp³-hybridized carbons (Fsp3) is 0.500. The number of halogens is 1. The molecule has 1 saturated carbocycles. The van der Waals surface area contributed by atoms with Gasteiger partial charge in [-0.3, -0.25) is 4.79 Å². The third-order valence-electron chi connectivity index (χ3n) is 2.93. The normalized spacial score (nSPS) is 14.2. The first kappa shape index (κ1) is 14.3. The number of carbonyl (C=O) groups excluding carboxylic acids is 1. The van der Waals surface area contributed by atoms with Gasteiger partial charge in [0.05, 0.1) is 4.47 Å². The predicted molar refractivity (Wildman–Crippen MR) is 78.2 cm³/mol. The first-order chi connectivity index (χ1) is 9.20. The van der Waals surface area contributed by atoms with Gasteiger partial charge in [0.15, 0.2) is 6.61 Å². The number of benzene rings is 1. The molecule has 0 radical (unpaired) electrons. The molecule has 1 aliphatic rings. The monoisotopic (exact) mass is 326 g/mol. The van der Waals surface area contributed by atoms with E-state index >= 15 is 0 Å². The van der Waals surface area contributed by atoms with Crippen molar-refractivity contribution in [3.8, 4) is 5.75 Å². The lowest BCUT2D eigenvalue weighted by Gasteiger charge is -2.13. The van der Waals surface area contributed by atoms with Gasteiger partial charge in [-0.25, -0.2) is 0 Å². The highest BCUT2D eigenvalue weighted by atomic mass is 79.9. The molecule has 5 heteroatoms. The Kier molecular flexibility index (Phi) is 5.22. The smallest absolute Gasteiger partial charge is 0.257 e. The Balaban J connectivity index is 1.97. The van der Waals surface area contributed by atoms with E-state index in [1.54, 1.807) is 0 Å². The Hall–Kier alpha value is -1.07. The summed E-state index contributed by atoms with van der Waals surface area (Å²) in [5.74, 6) is 0.654. The predicted octanol–water partition coefficient (Wildman–Crippen LogP) is 2.22. The molecule has 1 amide bonds. The molecule has 0 aliphatic heterocycles. The summed E-state index contributed by atoms with van der Waals surface area (Å²) in [5, 5.41) is 6.17. The third kappa shape index (κ3) is 4.51. The molecule has 19 heavy (non-hydrogen) atoms. The summed E-state index contributed by atoms with van der Waals surface area (Å²) in [6, 6.07) is 6.57. The van der Waals surface area contributed by atoms with Crippen molar-refractivity contribution in [3.05, 3.63) is 28.2 Å². The van der Waals surface area contributed by atoms with E-state index in [0.717, 1.165) is 22.3 Å². The second-order valence-electron chi connectivity index (χ2n) is 4.63. The quantitative estimate of drug-likeness (QED) is 0.807. The zero-order chi connectivity index (χ0) is 13.7. The number of hydrogen-bond donors (Lipinski definition) is 2. The maximum Gasteiger partial charge on any atom is 0.257 e. The van der Waals surface area contributed by atoms with Gasteiger partial charge in [0.25, 0.3) is 5.91 Å². The SMILES string of the molecule is CCNC(=O)COc1c(Br)cccc1CNC1CC1. The van der Waals surface area contributed by atoms with E-state index in [-0.39, 0.29) is 12.5 Å². The molecule has 4 nitrogen and oxygen atoms in total. The molecule has 1 fully saturated rings. The molecule has 1 aromatic rings. The van der Waals surface area contributed by atoms with Crippen LogP contribution in [-0.4, -0.2) is 25.1 Å². The summed E-state index contributed by atoms with van der Waals surface area (Å²) >= 11 is 3.47. The number of rotatable bonds is 7. The molecule has 1 aliphatic carbocycles. The number of amides is 1. The van der Waals surface area contributed by atoms with Gasteiger partial charge < -0.3 is 15.4 Å².